The Bertz CT molecular complexity index is 562. The van der Waals surface area contributed by atoms with Crippen molar-refractivity contribution >= 4 is 6.79 Å². The number of carbonyl (C=O) groups excluding carboxylic acids is 1. The predicted octanol–water partition coefficient (Wildman–Crippen LogP) is 4.35. The normalized spacial score (nSPS) is 11.3. The van der Waals surface area contributed by atoms with Crippen molar-refractivity contribution in [3.05, 3.63) is 64.7 Å². The number of phenolic OH excluding ortho intramolecular Hbond substituents is 1. The van der Waals surface area contributed by atoms with Gasteiger partial charge in [0, 0.05) is 13.1 Å². The number of nitrogens with zero attached hydrogens (tertiary/aromatic N) is 1. The Labute approximate surface area is 160 Å². The standard InChI is InChI=1S/C11H15N.C7H8O.CH5N.CH2O.2CH4/c1-9-3-4-10-5-6-12(2)8-11(10)7-9;1-6-2-4-7(8)5-3-6;2*1-2;;/h3-4,7H,5-6,8H2,1-2H3;2-5,8H,1H3;2H2,1H3;1H2;2*1H4. The van der Waals surface area contributed by atoms with Crippen LogP contribution in [0.1, 0.15) is 37.1 Å². The second kappa shape index (κ2) is 16.3. The van der Waals surface area contributed by atoms with Gasteiger partial charge in [-0.3, -0.25) is 0 Å². The first-order valence-electron chi connectivity index (χ1n) is 7.94. The number of aryl methyl sites for hydroxylation is 2. The summed E-state index contributed by atoms with van der Waals surface area (Å²) in [6.45, 7) is 8.47. The van der Waals surface area contributed by atoms with E-state index in [0.717, 1.165) is 6.54 Å². The largest absolute Gasteiger partial charge is 0.508 e. The monoisotopic (exact) mass is 362 g/mol. The molecule has 26 heavy (non-hydrogen) atoms. The number of aromatic hydroxyl groups is 1. The molecule has 0 saturated heterocycles. The van der Waals surface area contributed by atoms with Gasteiger partial charge in [0.2, 0.25) is 0 Å². The Hall–Kier alpha value is -2.17. The van der Waals surface area contributed by atoms with Gasteiger partial charge in [-0.15, -0.1) is 0 Å². The maximum absolute atomic E-state index is 8.76. The fraction of sp³-hybridized carbons (Fsp3) is 0.409. The number of benzene rings is 2. The maximum atomic E-state index is 8.76. The van der Waals surface area contributed by atoms with E-state index in [0.29, 0.717) is 5.75 Å². The van der Waals surface area contributed by atoms with Crippen LogP contribution in [0.2, 0.25) is 0 Å². The Balaban J connectivity index is -0.000000335. The molecule has 3 N–H and O–H groups in total. The van der Waals surface area contributed by atoms with Crippen LogP contribution in [-0.2, 0) is 17.8 Å². The molecule has 0 amide bonds. The Morgan fingerprint density at radius 2 is 1.42 bits per heavy atom. The molecule has 1 aliphatic heterocycles. The van der Waals surface area contributed by atoms with Crippen LogP contribution < -0.4 is 5.73 Å². The smallest absolute Gasteiger partial charge is 0.115 e. The summed E-state index contributed by atoms with van der Waals surface area (Å²) in [6.07, 6.45) is 1.21. The van der Waals surface area contributed by atoms with Gasteiger partial charge in [-0.25, -0.2) is 0 Å². The molecule has 0 spiro atoms. The molecule has 4 nitrogen and oxygen atoms in total. The van der Waals surface area contributed by atoms with Crippen molar-refractivity contribution in [2.75, 3.05) is 20.6 Å². The first-order chi connectivity index (χ1) is 11.5. The number of carbonyl (C=O) groups is 1. The van der Waals surface area contributed by atoms with Crippen molar-refractivity contribution in [1.82, 2.24) is 4.90 Å². The van der Waals surface area contributed by atoms with Gasteiger partial charge in [0.15, 0.2) is 0 Å². The van der Waals surface area contributed by atoms with E-state index in [-0.39, 0.29) is 14.9 Å². The Morgan fingerprint density at radius 1 is 0.923 bits per heavy atom. The second-order valence-electron chi connectivity index (χ2n) is 5.60. The van der Waals surface area contributed by atoms with E-state index in [4.69, 9.17) is 9.90 Å². The minimum atomic E-state index is 0. The summed E-state index contributed by atoms with van der Waals surface area (Å²) < 4.78 is 0. The van der Waals surface area contributed by atoms with Gasteiger partial charge in [-0.2, -0.15) is 0 Å². The van der Waals surface area contributed by atoms with Crippen LogP contribution in [0.5, 0.6) is 5.75 Å². The number of fused-ring (bicyclic) bond motifs is 1. The molecule has 0 radical (unpaired) electrons. The lowest BCUT2D eigenvalue weighted by Gasteiger charge is -2.25. The third-order valence-corrected chi connectivity index (χ3v) is 3.60. The van der Waals surface area contributed by atoms with E-state index in [2.05, 4.69) is 42.8 Å². The highest BCUT2D eigenvalue weighted by atomic mass is 16.3. The average molecular weight is 363 g/mol. The molecule has 1 heterocycles. The molecule has 4 heteroatoms. The van der Waals surface area contributed by atoms with E-state index in [9.17, 15) is 0 Å². The molecule has 0 atom stereocenters. The van der Waals surface area contributed by atoms with Gasteiger partial charge in [-0.1, -0.05) is 56.3 Å². The SMILES string of the molecule is C.C.C=O.CN.Cc1ccc(O)cc1.Cc1ccc2c(c1)CN(C)CC2. The Morgan fingerprint density at radius 3 is 1.92 bits per heavy atom. The third-order valence-electron chi connectivity index (χ3n) is 3.60. The minimum Gasteiger partial charge on any atom is -0.508 e. The average Bonchev–Trinajstić information content (AvgIpc) is 2.61. The van der Waals surface area contributed by atoms with Crippen molar-refractivity contribution in [3.63, 3.8) is 0 Å². The molecule has 3 rings (SSSR count). The first-order valence-corrected chi connectivity index (χ1v) is 7.94. The second-order valence-corrected chi connectivity index (χ2v) is 5.60. The van der Waals surface area contributed by atoms with Crippen LogP contribution in [0.4, 0.5) is 0 Å². The molecule has 0 fully saturated rings. The summed E-state index contributed by atoms with van der Waals surface area (Å²) in [5.41, 5.74) is 10.1. The third kappa shape index (κ3) is 10.6. The topological polar surface area (TPSA) is 66.6 Å². The maximum Gasteiger partial charge on any atom is 0.115 e. The fourth-order valence-electron chi connectivity index (χ4n) is 2.37. The van der Waals surface area contributed by atoms with Gasteiger partial charge in [0.25, 0.3) is 0 Å². The number of rotatable bonds is 0. The van der Waals surface area contributed by atoms with Gasteiger partial charge >= 0.3 is 0 Å². The minimum absolute atomic E-state index is 0. The molecule has 2 aromatic carbocycles. The van der Waals surface area contributed by atoms with Crippen molar-refractivity contribution in [1.29, 1.82) is 0 Å². The van der Waals surface area contributed by atoms with E-state index in [1.807, 2.05) is 25.8 Å². The number of hydrogen-bond donors (Lipinski definition) is 2. The molecule has 1 aliphatic rings. The van der Waals surface area contributed by atoms with Gasteiger partial charge in [0.1, 0.15) is 12.5 Å². The summed E-state index contributed by atoms with van der Waals surface area (Å²) in [4.78, 5) is 10.4. The zero-order chi connectivity index (χ0) is 18.5. The summed E-state index contributed by atoms with van der Waals surface area (Å²) in [7, 11) is 3.69. The lowest BCUT2D eigenvalue weighted by molar-refractivity contribution is -0.0979. The highest BCUT2D eigenvalue weighted by Crippen LogP contribution is 2.18. The molecule has 0 aromatic heterocycles. The van der Waals surface area contributed by atoms with Crippen molar-refractivity contribution < 1.29 is 9.90 Å². The van der Waals surface area contributed by atoms with Crippen molar-refractivity contribution in [3.8, 4) is 5.75 Å². The summed E-state index contributed by atoms with van der Waals surface area (Å²) in [5, 5.41) is 8.76. The van der Waals surface area contributed by atoms with E-state index in [1.165, 1.54) is 36.7 Å². The quantitative estimate of drug-likeness (QED) is 0.731. The molecule has 0 unspecified atom stereocenters. The predicted molar refractivity (Wildman–Crippen MR) is 115 cm³/mol. The highest BCUT2D eigenvalue weighted by molar-refractivity contribution is 5.33. The zero-order valence-corrected chi connectivity index (χ0v) is 15.2. The van der Waals surface area contributed by atoms with Crippen molar-refractivity contribution in [2.45, 2.75) is 41.7 Å². The molecular weight excluding hydrogens is 324 g/mol. The van der Waals surface area contributed by atoms with Crippen LogP contribution in [-0.4, -0.2) is 37.4 Å². The fourth-order valence-corrected chi connectivity index (χ4v) is 2.37. The Kier molecular flexibility index (Phi) is 18.0. The number of phenols is 1. The van der Waals surface area contributed by atoms with Crippen LogP contribution in [0.3, 0.4) is 0 Å². The first kappa shape index (κ1) is 28.6. The van der Waals surface area contributed by atoms with Gasteiger partial charge in [-0.05, 0) is 57.6 Å². The molecule has 2 aromatic rings. The van der Waals surface area contributed by atoms with E-state index < -0.39 is 0 Å². The lowest BCUT2D eigenvalue weighted by atomic mass is 9.98. The highest BCUT2D eigenvalue weighted by Gasteiger charge is 2.11. The van der Waals surface area contributed by atoms with E-state index in [1.54, 1.807) is 17.7 Å². The molecule has 0 bridgehead atoms. The van der Waals surface area contributed by atoms with Crippen LogP contribution in [0.25, 0.3) is 0 Å². The summed E-state index contributed by atoms with van der Waals surface area (Å²) in [6, 6.07) is 13.9. The van der Waals surface area contributed by atoms with Gasteiger partial charge in [0.05, 0.1) is 0 Å². The molecule has 0 aliphatic carbocycles. The lowest BCUT2D eigenvalue weighted by Crippen LogP contribution is -2.26. The molecule has 148 valence electrons. The van der Waals surface area contributed by atoms with Crippen LogP contribution >= 0.6 is 0 Å². The summed E-state index contributed by atoms with van der Waals surface area (Å²) >= 11 is 0. The molecule has 0 saturated carbocycles. The van der Waals surface area contributed by atoms with Crippen LogP contribution in [0, 0.1) is 13.8 Å². The summed E-state index contributed by atoms with van der Waals surface area (Å²) in [5.74, 6) is 0.329. The van der Waals surface area contributed by atoms with Crippen molar-refractivity contribution in [2.24, 2.45) is 5.73 Å². The number of hydrogen-bond acceptors (Lipinski definition) is 4. The van der Waals surface area contributed by atoms with Crippen LogP contribution in [0.15, 0.2) is 42.5 Å². The number of nitrogens with two attached hydrogens (primary N) is 1. The molecular formula is C22H38N2O2. The van der Waals surface area contributed by atoms with Gasteiger partial charge < -0.3 is 20.5 Å². The zero-order valence-electron chi connectivity index (χ0n) is 15.2. The van der Waals surface area contributed by atoms with E-state index >= 15 is 0 Å². The number of likely N-dealkylation sites (N-methyl/N-ethyl adjacent to an activating group) is 1.